The van der Waals surface area contributed by atoms with Gasteiger partial charge in [-0.25, -0.2) is 4.98 Å². The van der Waals surface area contributed by atoms with Crippen molar-refractivity contribution >= 4 is 5.65 Å². The van der Waals surface area contributed by atoms with Gasteiger partial charge < -0.3 is 10.1 Å². The van der Waals surface area contributed by atoms with Crippen molar-refractivity contribution in [2.24, 2.45) is 5.73 Å². The quantitative estimate of drug-likeness (QED) is 0.583. The molecular weight excluding hydrogens is 308 g/mol. The fourth-order valence-corrected chi connectivity index (χ4v) is 3.29. The minimum Gasteiger partial charge on any atom is -0.330 e. The smallest absolute Gasteiger partial charge is 0.137 e. The van der Waals surface area contributed by atoms with E-state index in [-0.39, 0.29) is 0 Å². The molecule has 4 heteroatoms. The van der Waals surface area contributed by atoms with Gasteiger partial charge in [-0.15, -0.1) is 0 Å². The molecule has 0 radical (unpaired) electrons. The number of hydrogen-bond acceptors (Lipinski definition) is 3. The van der Waals surface area contributed by atoms with Gasteiger partial charge in [-0.1, -0.05) is 31.7 Å². The van der Waals surface area contributed by atoms with Gasteiger partial charge in [-0.3, -0.25) is 4.98 Å². The van der Waals surface area contributed by atoms with Crippen LogP contribution in [0.2, 0.25) is 0 Å². The zero-order chi connectivity index (χ0) is 17.5. The number of unbranched alkanes of at least 4 members (excludes halogenated alkanes) is 5. The highest BCUT2D eigenvalue weighted by molar-refractivity contribution is 5.63. The molecule has 0 aliphatic carbocycles. The van der Waals surface area contributed by atoms with Crippen LogP contribution in [0.15, 0.2) is 42.7 Å². The summed E-state index contributed by atoms with van der Waals surface area (Å²) in [5, 5.41) is 0. The van der Waals surface area contributed by atoms with Gasteiger partial charge in [-0.2, -0.15) is 0 Å². The van der Waals surface area contributed by atoms with Gasteiger partial charge in [-0.05, 0) is 62.6 Å². The van der Waals surface area contributed by atoms with Crippen LogP contribution in [0.4, 0.5) is 0 Å². The molecule has 3 aromatic rings. The molecule has 2 N–H and O–H groups in total. The molecule has 0 spiro atoms. The topological polar surface area (TPSA) is 56.2 Å². The molecule has 0 aromatic carbocycles. The summed E-state index contributed by atoms with van der Waals surface area (Å²) in [5.41, 5.74) is 11.1. The van der Waals surface area contributed by atoms with Crippen molar-refractivity contribution in [2.75, 3.05) is 6.54 Å². The maximum absolute atomic E-state index is 5.55. The van der Waals surface area contributed by atoms with E-state index in [1.54, 1.807) is 0 Å². The minimum absolute atomic E-state index is 0.814. The molecule has 0 aliphatic heterocycles. The summed E-state index contributed by atoms with van der Waals surface area (Å²) in [5.74, 6) is 0. The first-order chi connectivity index (χ1) is 12.3. The third kappa shape index (κ3) is 4.45. The van der Waals surface area contributed by atoms with Crippen LogP contribution in [0.1, 0.15) is 49.8 Å². The monoisotopic (exact) mass is 336 g/mol. The fraction of sp³-hybridized carbons (Fsp3) is 0.429. The lowest BCUT2D eigenvalue weighted by molar-refractivity contribution is 0.594. The van der Waals surface area contributed by atoms with Crippen molar-refractivity contribution in [2.45, 2.75) is 51.9 Å². The van der Waals surface area contributed by atoms with E-state index in [4.69, 9.17) is 10.7 Å². The number of nitrogens with zero attached hydrogens (tertiary/aromatic N) is 3. The van der Waals surface area contributed by atoms with Gasteiger partial charge in [0, 0.05) is 12.4 Å². The molecule has 3 heterocycles. The highest BCUT2D eigenvalue weighted by Crippen LogP contribution is 2.25. The molecule has 0 bridgehead atoms. The van der Waals surface area contributed by atoms with E-state index in [9.17, 15) is 0 Å². The Balaban J connectivity index is 1.75. The number of nitrogens with two attached hydrogens (primary N) is 1. The summed E-state index contributed by atoms with van der Waals surface area (Å²) in [4.78, 5) is 9.39. The summed E-state index contributed by atoms with van der Waals surface area (Å²) in [7, 11) is 0. The van der Waals surface area contributed by atoms with E-state index in [2.05, 4.69) is 34.6 Å². The highest BCUT2D eigenvalue weighted by atomic mass is 15.0. The van der Waals surface area contributed by atoms with Crippen LogP contribution in [0.5, 0.6) is 0 Å². The molecule has 3 rings (SSSR count). The van der Waals surface area contributed by atoms with E-state index in [0.717, 1.165) is 36.4 Å². The summed E-state index contributed by atoms with van der Waals surface area (Å²) >= 11 is 0. The first kappa shape index (κ1) is 17.6. The average Bonchev–Trinajstić information content (AvgIpc) is 2.99. The molecule has 0 atom stereocenters. The van der Waals surface area contributed by atoms with Crippen LogP contribution < -0.4 is 5.73 Å². The fourth-order valence-electron chi connectivity index (χ4n) is 3.29. The van der Waals surface area contributed by atoms with Crippen molar-refractivity contribution in [3.05, 3.63) is 54.0 Å². The lowest BCUT2D eigenvalue weighted by atomic mass is 10.1. The molecule has 0 amide bonds. The van der Waals surface area contributed by atoms with Gasteiger partial charge in [0.1, 0.15) is 11.3 Å². The van der Waals surface area contributed by atoms with Crippen LogP contribution in [0.3, 0.4) is 0 Å². The van der Waals surface area contributed by atoms with Crippen molar-refractivity contribution in [1.29, 1.82) is 0 Å². The van der Waals surface area contributed by atoms with Crippen molar-refractivity contribution in [3.8, 4) is 11.4 Å². The first-order valence-corrected chi connectivity index (χ1v) is 9.38. The largest absolute Gasteiger partial charge is 0.330 e. The predicted molar refractivity (Wildman–Crippen MR) is 104 cm³/mol. The molecule has 3 aromatic heterocycles. The second-order valence-electron chi connectivity index (χ2n) is 6.71. The van der Waals surface area contributed by atoms with Crippen LogP contribution in [0, 0.1) is 6.92 Å². The van der Waals surface area contributed by atoms with Crippen molar-refractivity contribution in [1.82, 2.24) is 14.4 Å². The van der Waals surface area contributed by atoms with Gasteiger partial charge in [0.15, 0.2) is 0 Å². The normalized spacial score (nSPS) is 11.3. The minimum atomic E-state index is 0.814. The molecule has 0 fully saturated rings. The zero-order valence-electron chi connectivity index (χ0n) is 15.1. The number of pyridine rings is 2. The molecule has 25 heavy (non-hydrogen) atoms. The highest BCUT2D eigenvalue weighted by Gasteiger charge is 2.14. The summed E-state index contributed by atoms with van der Waals surface area (Å²) in [6.07, 6.45) is 12.4. The number of imidazole rings is 1. The Labute approximate surface area is 150 Å². The Morgan fingerprint density at radius 1 is 1.00 bits per heavy atom. The number of aromatic nitrogens is 3. The SMILES string of the molecule is Cc1ccn2c(CCCCCCCCN)c(-c3ccccn3)nc2c1. The second-order valence-corrected chi connectivity index (χ2v) is 6.71. The molecule has 4 nitrogen and oxygen atoms in total. The van der Waals surface area contributed by atoms with Gasteiger partial charge in [0.05, 0.1) is 11.4 Å². The van der Waals surface area contributed by atoms with E-state index in [1.165, 1.54) is 43.4 Å². The van der Waals surface area contributed by atoms with Crippen molar-refractivity contribution < 1.29 is 0 Å². The van der Waals surface area contributed by atoms with E-state index < -0.39 is 0 Å². The summed E-state index contributed by atoms with van der Waals surface area (Å²) in [6, 6.07) is 10.3. The standard InChI is InChI=1S/C21H28N4/c1-17-12-15-25-19(11-6-4-2-3-5-8-13-22)21(24-20(25)16-17)18-10-7-9-14-23-18/h7,9-10,12,14-16H,2-6,8,11,13,22H2,1H3. The third-order valence-electron chi connectivity index (χ3n) is 4.66. The van der Waals surface area contributed by atoms with Crippen LogP contribution in [-0.4, -0.2) is 20.9 Å². The zero-order valence-corrected chi connectivity index (χ0v) is 15.1. The molecule has 132 valence electrons. The predicted octanol–water partition coefficient (Wildman–Crippen LogP) is 4.55. The lowest BCUT2D eigenvalue weighted by Crippen LogP contribution is -1.98. The molecule has 0 saturated carbocycles. The summed E-state index contributed by atoms with van der Waals surface area (Å²) in [6.45, 7) is 2.92. The number of fused-ring (bicyclic) bond motifs is 1. The Morgan fingerprint density at radius 2 is 1.80 bits per heavy atom. The molecule has 0 unspecified atom stereocenters. The van der Waals surface area contributed by atoms with Crippen molar-refractivity contribution in [3.63, 3.8) is 0 Å². The maximum atomic E-state index is 5.55. The van der Waals surface area contributed by atoms with Crippen LogP contribution in [0.25, 0.3) is 17.0 Å². The third-order valence-corrected chi connectivity index (χ3v) is 4.66. The number of aryl methyl sites for hydroxylation is 2. The Kier molecular flexibility index (Phi) is 6.18. The van der Waals surface area contributed by atoms with Gasteiger partial charge in [0.25, 0.3) is 0 Å². The Hall–Kier alpha value is -2.20. The lowest BCUT2D eigenvalue weighted by Gasteiger charge is -2.06. The average molecular weight is 336 g/mol. The maximum Gasteiger partial charge on any atom is 0.137 e. The number of rotatable bonds is 9. The van der Waals surface area contributed by atoms with Gasteiger partial charge in [0.2, 0.25) is 0 Å². The van der Waals surface area contributed by atoms with E-state index in [1.807, 2.05) is 24.4 Å². The van der Waals surface area contributed by atoms with E-state index >= 15 is 0 Å². The molecule has 0 aliphatic rings. The Morgan fingerprint density at radius 3 is 2.56 bits per heavy atom. The Bertz CT molecular complexity index is 792. The van der Waals surface area contributed by atoms with Gasteiger partial charge >= 0.3 is 0 Å². The van der Waals surface area contributed by atoms with Crippen LogP contribution >= 0.6 is 0 Å². The number of hydrogen-bond donors (Lipinski definition) is 1. The molecule has 0 saturated heterocycles. The summed E-state index contributed by atoms with van der Waals surface area (Å²) < 4.78 is 2.23. The van der Waals surface area contributed by atoms with Crippen LogP contribution in [-0.2, 0) is 6.42 Å². The van der Waals surface area contributed by atoms with E-state index in [0.29, 0.717) is 0 Å². The molecular formula is C21H28N4. The first-order valence-electron chi connectivity index (χ1n) is 9.38. The second kappa shape index (κ2) is 8.77.